The fourth-order valence-corrected chi connectivity index (χ4v) is 1.42. The minimum absolute atomic E-state index is 0.0497. The van der Waals surface area contributed by atoms with Gasteiger partial charge in [-0.15, -0.1) is 0 Å². The van der Waals surface area contributed by atoms with Gasteiger partial charge in [0.2, 0.25) is 0 Å². The van der Waals surface area contributed by atoms with Crippen molar-refractivity contribution in [2.24, 2.45) is 5.73 Å². The van der Waals surface area contributed by atoms with Crippen LogP contribution in [0.3, 0.4) is 0 Å². The SMILES string of the molecule is CC(C)(C)OC=O.CN(C)/C=C1/CC(N)CC1=O. The predicted molar refractivity (Wildman–Crippen MR) is 70.9 cm³/mol. The highest BCUT2D eigenvalue weighted by atomic mass is 16.5. The van der Waals surface area contributed by atoms with Gasteiger partial charge in [0.25, 0.3) is 6.47 Å². The van der Waals surface area contributed by atoms with Gasteiger partial charge in [-0.1, -0.05) is 0 Å². The maximum atomic E-state index is 11.1. The van der Waals surface area contributed by atoms with Crippen LogP contribution in [0, 0.1) is 0 Å². The lowest BCUT2D eigenvalue weighted by atomic mass is 10.2. The molecular weight excluding hydrogens is 232 g/mol. The molecule has 0 amide bonds. The fraction of sp³-hybridized carbons (Fsp3) is 0.692. The summed E-state index contributed by atoms with van der Waals surface area (Å²) >= 11 is 0. The summed E-state index contributed by atoms with van der Waals surface area (Å²) in [5, 5.41) is 0. The molecule has 104 valence electrons. The number of hydrogen-bond acceptors (Lipinski definition) is 5. The highest BCUT2D eigenvalue weighted by Crippen LogP contribution is 2.19. The van der Waals surface area contributed by atoms with E-state index in [9.17, 15) is 9.59 Å². The van der Waals surface area contributed by atoms with Crippen molar-refractivity contribution in [2.75, 3.05) is 14.1 Å². The number of hydrogen-bond donors (Lipinski definition) is 1. The van der Waals surface area contributed by atoms with Crippen LogP contribution >= 0.6 is 0 Å². The first-order valence-corrected chi connectivity index (χ1v) is 5.93. The van der Waals surface area contributed by atoms with E-state index >= 15 is 0 Å². The summed E-state index contributed by atoms with van der Waals surface area (Å²) in [5.41, 5.74) is 6.16. The van der Waals surface area contributed by atoms with Gasteiger partial charge < -0.3 is 15.4 Å². The van der Waals surface area contributed by atoms with Gasteiger partial charge in [0.05, 0.1) is 0 Å². The summed E-state index contributed by atoms with van der Waals surface area (Å²) in [4.78, 5) is 22.6. The molecule has 0 spiro atoms. The third kappa shape index (κ3) is 7.84. The van der Waals surface area contributed by atoms with E-state index in [1.807, 2.05) is 46.0 Å². The molecule has 0 saturated heterocycles. The lowest BCUT2D eigenvalue weighted by molar-refractivity contribution is -0.138. The summed E-state index contributed by atoms with van der Waals surface area (Å²) in [6.45, 7) is 5.92. The molecule has 2 N–H and O–H groups in total. The highest BCUT2D eigenvalue weighted by molar-refractivity contribution is 5.98. The zero-order chi connectivity index (χ0) is 14.3. The quantitative estimate of drug-likeness (QED) is 0.591. The number of carbonyl (C=O) groups excluding carboxylic acids is 2. The van der Waals surface area contributed by atoms with E-state index in [0.29, 0.717) is 12.9 Å². The van der Waals surface area contributed by atoms with Gasteiger partial charge >= 0.3 is 0 Å². The second-order valence-electron chi connectivity index (χ2n) is 5.54. The summed E-state index contributed by atoms with van der Waals surface area (Å²) in [5.74, 6) is 0.200. The summed E-state index contributed by atoms with van der Waals surface area (Å²) in [6.07, 6.45) is 3.10. The summed E-state index contributed by atoms with van der Waals surface area (Å²) in [6, 6.07) is 0.0497. The molecule has 0 aliphatic heterocycles. The normalized spacial score (nSPS) is 21.3. The molecule has 0 aromatic carbocycles. The van der Waals surface area contributed by atoms with E-state index in [2.05, 4.69) is 4.74 Å². The average molecular weight is 256 g/mol. The van der Waals surface area contributed by atoms with Crippen LogP contribution in [-0.4, -0.2) is 42.9 Å². The van der Waals surface area contributed by atoms with E-state index in [4.69, 9.17) is 5.73 Å². The first kappa shape index (κ1) is 16.6. The lowest BCUT2D eigenvalue weighted by Crippen LogP contribution is -2.17. The number of nitrogens with two attached hydrogens (primary N) is 1. The molecule has 1 rings (SSSR count). The van der Waals surface area contributed by atoms with E-state index in [1.165, 1.54) is 0 Å². The Kier molecular flexibility index (Phi) is 6.62. The van der Waals surface area contributed by atoms with E-state index in [0.717, 1.165) is 12.0 Å². The molecule has 0 aromatic rings. The largest absolute Gasteiger partial charge is 0.462 e. The molecule has 0 heterocycles. The van der Waals surface area contributed by atoms with Crippen LogP contribution in [0.1, 0.15) is 33.6 Å². The maximum absolute atomic E-state index is 11.1. The van der Waals surface area contributed by atoms with Crippen molar-refractivity contribution in [3.63, 3.8) is 0 Å². The first-order valence-electron chi connectivity index (χ1n) is 5.93. The van der Waals surface area contributed by atoms with E-state index < -0.39 is 0 Å². The second kappa shape index (κ2) is 7.16. The Balaban J connectivity index is 0.000000360. The maximum Gasteiger partial charge on any atom is 0.293 e. The third-order valence-electron chi connectivity index (χ3n) is 2.10. The van der Waals surface area contributed by atoms with Gasteiger partial charge in [-0.3, -0.25) is 9.59 Å². The molecule has 5 nitrogen and oxygen atoms in total. The van der Waals surface area contributed by atoms with E-state index in [1.54, 1.807) is 0 Å². The molecule has 1 fully saturated rings. The topological polar surface area (TPSA) is 72.6 Å². The Bertz CT molecular complexity index is 317. The van der Waals surface area contributed by atoms with Crippen molar-refractivity contribution in [1.29, 1.82) is 0 Å². The lowest BCUT2D eigenvalue weighted by Gasteiger charge is -2.14. The number of Topliss-reactive ketones (excluding diaryl/α,β-unsaturated/α-hetero) is 1. The molecule has 1 aliphatic rings. The Labute approximate surface area is 109 Å². The summed E-state index contributed by atoms with van der Waals surface area (Å²) < 4.78 is 4.55. The number of ether oxygens (including phenoxy) is 1. The Morgan fingerprint density at radius 3 is 2.11 bits per heavy atom. The molecule has 1 saturated carbocycles. The fourth-order valence-electron chi connectivity index (χ4n) is 1.42. The number of ketones is 1. The molecule has 18 heavy (non-hydrogen) atoms. The van der Waals surface area contributed by atoms with Gasteiger partial charge in [0.15, 0.2) is 5.78 Å². The third-order valence-corrected chi connectivity index (χ3v) is 2.10. The van der Waals surface area contributed by atoms with Crippen molar-refractivity contribution in [1.82, 2.24) is 4.90 Å². The smallest absolute Gasteiger partial charge is 0.293 e. The zero-order valence-electron chi connectivity index (χ0n) is 11.9. The van der Waals surface area contributed by atoms with Crippen LogP contribution in [0.2, 0.25) is 0 Å². The molecule has 0 bridgehead atoms. The molecule has 0 radical (unpaired) electrons. The van der Waals surface area contributed by atoms with E-state index in [-0.39, 0.29) is 17.4 Å². The molecule has 5 heteroatoms. The van der Waals surface area contributed by atoms with Crippen LogP contribution in [-0.2, 0) is 14.3 Å². The molecule has 1 unspecified atom stereocenters. The minimum atomic E-state index is -0.318. The number of carbonyl (C=O) groups is 2. The average Bonchev–Trinajstić information content (AvgIpc) is 2.42. The zero-order valence-corrected chi connectivity index (χ0v) is 11.9. The van der Waals surface area contributed by atoms with Gasteiger partial charge in [-0.05, 0) is 27.2 Å². The Hall–Kier alpha value is -1.36. The van der Waals surface area contributed by atoms with Crippen molar-refractivity contribution < 1.29 is 14.3 Å². The minimum Gasteiger partial charge on any atom is -0.462 e. The monoisotopic (exact) mass is 256 g/mol. The molecule has 1 aliphatic carbocycles. The van der Waals surface area contributed by atoms with Gasteiger partial charge in [0, 0.05) is 38.3 Å². The van der Waals surface area contributed by atoms with Crippen molar-refractivity contribution >= 4 is 12.3 Å². The van der Waals surface area contributed by atoms with Crippen LogP contribution in [0.4, 0.5) is 0 Å². The molecule has 1 atom stereocenters. The van der Waals surface area contributed by atoms with Gasteiger partial charge in [0.1, 0.15) is 5.60 Å². The number of rotatable bonds is 2. The predicted octanol–water partition coefficient (Wildman–Crippen LogP) is 1.08. The van der Waals surface area contributed by atoms with Crippen LogP contribution < -0.4 is 5.73 Å². The van der Waals surface area contributed by atoms with Crippen LogP contribution in [0.25, 0.3) is 0 Å². The molecule has 0 aromatic heterocycles. The van der Waals surface area contributed by atoms with Crippen molar-refractivity contribution in [3.05, 3.63) is 11.8 Å². The number of nitrogens with zero attached hydrogens (tertiary/aromatic N) is 1. The Morgan fingerprint density at radius 2 is 1.89 bits per heavy atom. The second-order valence-corrected chi connectivity index (χ2v) is 5.54. The van der Waals surface area contributed by atoms with Crippen molar-refractivity contribution in [3.8, 4) is 0 Å². The Morgan fingerprint density at radius 1 is 1.33 bits per heavy atom. The standard InChI is InChI=1S/C8H14N2O.C5H10O2/c1-10(2)5-6-3-7(9)4-8(6)11;1-5(2,3)7-4-6/h5,7H,3-4,9H2,1-2H3;4H,1-3H3/b6-5-;. The van der Waals surface area contributed by atoms with Gasteiger partial charge in [-0.2, -0.15) is 0 Å². The highest BCUT2D eigenvalue weighted by Gasteiger charge is 2.23. The summed E-state index contributed by atoms with van der Waals surface area (Å²) in [7, 11) is 3.81. The van der Waals surface area contributed by atoms with Crippen LogP contribution in [0.5, 0.6) is 0 Å². The van der Waals surface area contributed by atoms with Crippen molar-refractivity contribution in [2.45, 2.75) is 45.3 Å². The molecular formula is C13H24N2O3. The van der Waals surface area contributed by atoms with Crippen LogP contribution in [0.15, 0.2) is 11.8 Å². The van der Waals surface area contributed by atoms with Gasteiger partial charge in [-0.25, -0.2) is 0 Å². The first-order chi connectivity index (χ1) is 8.15.